The molecule has 0 aliphatic heterocycles. The van der Waals surface area contributed by atoms with Gasteiger partial charge in [-0.3, -0.25) is 4.79 Å². The summed E-state index contributed by atoms with van der Waals surface area (Å²) >= 11 is 0. The van der Waals surface area contributed by atoms with Crippen LogP contribution in [0, 0.1) is 0 Å². The fourth-order valence-electron chi connectivity index (χ4n) is 1.89. The molecule has 1 aromatic heterocycles. The zero-order chi connectivity index (χ0) is 13.9. The normalized spacial score (nSPS) is 10.6. The topological polar surface area (TPSA) is 65.5 Å². The fraction of sp³-hybridized carbons (Fsp3) is 0.667. The van der Waals surface area contributed by atoms with Gasteiger partial charge in [-0.1, -0.05) is 45.4 Å². The molecule has 1 rings (SSSR count). The van der Waals surface area contributed by atoms with Crippen molar-refractivity contribution in [2.24, 2.45) is 5.73 Å². The minimum atomic E-state index is -0.158. The summed E-state index contributed by atoms with van der Waals surface area (Å²) in [6.07, 6.45) is 9.93. The van der Waals surface area contributed by atoms with Crippen molar-refractivity contribution in [1.29, 1.82) is 0 Å². The zero-order valence-electron chi connectivity index (χ0n) is 11.8. The van der Waals surface area contributed by atoms with Gasteiger partial charge in [-0.25, -0.2) is 0 Å². The van der Waals surface area contributed by atoms with Gasteiger partial charge in [-0.15, -0.1) is 0 Å². The maximum absolute atomic E-state index is 11.6. The molecule has 0 bridgehead atoms. The summed E-state index contributed by atoms with van der Waals surface area (Å²) in [6, 6.07) is 1.39. The highest BCUT2D eigenvalue weighted by Gasteiger charge is 2.03. The predicted octanol–water partition coefficient (Wildman–Crippen LogP) is 3.23. The van der Waals surface area contributed by atoms with Gasteiger partial charge in [0.05, 0.1) is 13.2 Å². The summed E-state index contributed by atoms with van der Waals surface area (Å²) in [7, 11) is 0. The van der Waals surface area contributed by atoms with Crippen LogP contribution in [0.25, 0.3) is 0 Å². The van der Waals surface area contributed by atoms with Gasteiger partial charge in [-0.2, -0.15) is 0 Å². The first-order valence-electron chi connectivity index (χ1n) is 7.22. The monoisotopic (exact) mass is 267 g/mol. The molecule has 0 amide bonds. The number of hydrogen-bond donors (Lipinski definition) is 1. The van der Waals surface area contributed by atoms with Crippen LogP contribution < -0.4 is 15.9 Å². The standard InChI is InChI=1S/C15H25NO3/c1-2-3-4-5-6-7-8-9-18-15-12-19-13(11-16)10-14(15)17/h10,12H,2-9,11,16H2,1H3. The van der Waals surface area contributed by atoms with E-state index in [-0.39, 0.29) is 17.7 Å². The van der Waals surface area contributed by atoms with E-state index < -0.39 is 0 Å². The molecular formula is C15H25NO3. The lowest BCUT2D eigenvalue weighted by atomic mass is 10.1. The van der Waals surface area contributed by atoms with Crippen molar-refractivity contribution in [3.63, 3.8) is 0 Å². The van der Waals surface area contributed by atoms with Crippen LogP contribution >= 0.6 is 0 Å². The minimum absolute atomic E-state index is 0.158. The first kappa shape index (κ1) is 15.8. The number of unbranched alkanes of at least 4 members (excludes halogenated alkanes) is 6. The lowest BCUT2D eigenvalue weighted by Gasteiger charge is -2.05. The molecule has 4 heteroatoms. The maximum Gasteiger partial charge on any atom is 0.227 e. The lowest BCUT2D eigenvalue weighted by molar-refractivity contribution is 0.289. The summed E-state index contributed by atoms with van der Waals surface area (Å²) in [6.45, 7) is 3.02. The van der Waals surface area contributed by atoms with Crippen molar-refractivity contribution in [3.05, 3.63) is 28.3 Å². The quantitative estimate of drug-likeness (QED) is 0.661. The van der Waals surface area contributed by atoms with E-state index in [2.05, 4.69) is 6.92 Å². The molecule has 0 aliphatic rings. The highest BCUT2D eigenvalue weighted by Crippen LogP contribution is 2.09. The molecular weight excluding hydrogens is 242 g/mol. The van der Waals surface area contributed by atoms with Crippen molar-refractivity contribution in [2.45, 2.75) is 58.4 Å². The summed E-state index contributed by atoms with van der Waals surface area (Å²) in [5, 5.41) is 0. The number of hydrogen-bond acceptors (Lipinski definition) is 4. The Bertz CT molecular complexity index is 401. The van der Waals surface area contributed by atoms with Crippen LogP contribution in [0.5, 0.6) is 5.75 Å². The third kappa shape index (κ3) is 6.43. The second kappa shape index (κ2) is 9.62. The minimum Gasteiger partial charge on any atom is -0.487 e. The Labute approximate surface area is 115 Å². The van der Waals surface area contributed by atoms with Gasteiger partial charge in [0, 0.05) is 6.07 Å². The predicted molar refractivity (Wildman–Crippen MR) is 76.4 cm³/mol. The number of ether oxygens (including phenoxy) is 1. The first-order chi connectivity index (χ1) is 9.27. The van der Waals surface area contributed by atoms with Crippen molar-refractivity contribution in [2.75, 3.05) is 6.61 Å². The first-order valence-corrected chi connectivity index (χ1v) is 7.22. The van der Waals surface area contributed by atoms with Gasteiger partial charge < -0.3 is 14.9 Å². The van der Waals surface area contributed by atoms with Gasteiger partial charge in [0.1, 0.15) is 12.0 Å². The molecule has 2 N–H and O–H groups in total. The molecule has 0 saturated carbocycles. The van der Waals surface area contributed by atoms with E-state index in [9.17, 15) is 4.79 Å². The molecule has 0 fully saturated rings. The summed E-state index contributed by atoms with van der Waals surface area (Å²) in [5.74, 6) is 0.761. The molecule has 0 saturated heterocycles. The van der Waals surface area contributed by atoms with E-state index in [4.69, 9.17) is 14.9 Å². The molecule has 0 radical (unpaired) electrons. The largest absolute Gasteiger partial charge is 0.487 e. The zero-order valence-corrected chi connectivity index (χ0v) is 11.8. The molecule has 0 spiro atoms. The molecule has 4 nitrogen and oxygen atoms in total. The third-order valence-electron chi connectivity index (χ3n) is 3.06. The van der Waals surface area contributed by atoms with Crippen LogP contribution in [-0.2, 0) is 6.54 Å². The van der Waals surface area contributed by atoms with Crippen LogP contribution in [0.4, 0.5) is 0 Å². The van der Waals surface area contributed by atoms with Crippen molar-refractivity contribution in [1.82, 2.24) is 0 Å². The molecule has 0 aromatic carbocycles. The molecule has 108 valence electrons. The van der Waals surface area contributed by atoms with Gasteiger partial charge in [0.2, 0.25) is 11.2 Å². The molecule has 19 heavy (non-hydrogen) atoms. The Morgan fingerprint density at radius 1 is 1.16 bits per heavy atom. The molecule has 1 aromatic rings. The Kier molecular flexibility index (Phi) is 7.98. The summed E-state index contributed by atoms with van der Waals surface area (Å²) < 4.78 is 10.6. The smallest absolute Gasteiger partial charge is 0.227 e. The molecule has 0 unspecified atom stereocenters. The van der Waals surface area contributed by atoms with E-state index in [1.54, 1.807) is 0 Å². The average Bonchev–Trinajstić information content (AvgIpc) is 2.43. The van der Waals surface area contributed by atoms with Gasteiger partial charge in [0.25, 0.3) is 0 Å². The van der Waals surface area contributed by atoms with Crippen molar-refractivity contribution in [3.8, 4) is 5.75 Å². The fourth-order valence-corrected chi connectivity index (χ4v) is 1.89. The number of rotatable bonds is 10. The third-order valence-corrected chi connectivity index (χ3v) is 3.06. The van der Waals surface area contributed by atoms with Crippen LogP contribution in [0.15, 0.2) is 21.5 Å². The van der Waals surface area contributed by atoms with Crippen LogP contribution in [0.3, 0.4) is 0 Å². The van der Waals surface area contributed by atoms with Gasteiger partial charge >= 0.3 is 0 Å². The van der Waals surface area contributed by atoms with E-state index >= 15 is 0 Å². The maximum atomic E-state index is 11.6. The van der Waals surface area contributed by atoms with Crippen LogP contribution in [-0.4, -0.2) is 6.61 Å². The highest BCUT2D eigenvalue weighted by atomic mass is 16.5. The molecule has 0 aliphatic carbocycles. The van der Waals surface area contributed by atoms with E-state index in [0.717, 1.165) is 12.8 Å². The summed E-state index contributed by atoms with van der Waals surface area (Å²) in [5.41, 5.74) is 5.23. The second-order valence-corrected chi connectivity index (χ2v) is 4.75. The number of nitrogens with two attached hydrogens (primary N) is 1. The van der Waals surface area contributed by atoms with Gasteiger partial charge in [0.15, 0.2) is 0 Å². The molecule has 0 atom stereocenters. The Hall–Kier alpha value is -1.29. The van der Waals surface area contributed by atoms with Crippen molar-refractivity contribution < 1.29 is 9.15 Å². The van der Waals surface area contributed by atoms with Crippen LogP contribution in [0.2, 0.25) is 0 Å². The lowest BCUT2D eigenvalue weighted by Crippen LogP contribution is -2.10. The van der Waals surface area contributed by atoms with E-state index in [1.807, 2.05) is 0 Å². The van der Waals surface area contributed by atoms with Gasteiger partial charge in [-0.05, 0) is 6.42 Å². The highest BCUT2D eigenvalue weighted by molar-refractivity contribution is 5.17. The summed E-state index contributed by atoms with van der Waals surface area (Å²) in [4.78, 5) is 11.6. The Morgan fingerprint density at radius 2 is 1.84 bits per heavy atom. The average molecular weight is 267 g/mol. The Morgan fingerprint density at radius 3 is 2.47 bits per heavy atom. The van der Waals surface area contributed by atoms with E-state index in [1.165, 1.54) is 44.4 Å². The second-order valence-electron chi connectivity index (χ2n) is 4.75. The SMILES string of the molecule is CCCCCCCCCOc1coc(CN)cc1=O. The molecule has 1 heterocycles. The van der Waals surface area contributed by atoms with Crippen LogP contribution in [0.1, 0.15) is 57.6 Å². The van der Waals surface area contributed by atoms with Crippen molar-refractivity contribution >= 4 is 0 Å². The van der Waals surface area contributed by atoms with E-state index in [0.29, 0.717) is 12.4 Å². The Balaban J connectivity index is 2.14.